The van der Waals surface area contributed by atoms with Crippen LogP contribution in [0.25, 0.3) is 0 Å². The number of carbonyl (C=O) groups excluding carboxylic acids is 1. The van der Waals surface area contributed by atoms with Gasteiger partial charge in [-0.2, -0.15) is 0 Å². The monoisotopic (exact) mass is 274 g/mol. The summed E-state index contributed by atoms with van der Waals surface area (Å²) >= 11 is 0. The normalized spacial score (nSPS) is 20.6. The number of amides is 2. The molecule has 1 fully saturated rings. The number of rotatable bonds is 7. The lowest BCUT2D eigenvalue weighted by atomic mass is 10.1. The van der Waals surface area contributed by atoms with Crippen LogP contribution in [0.5, 0.6) is 0 Å². The van der Waals surface area contributed by atoms with E-state index in [-0.39, 0.29) is 25.1 Å². The SMILES string of the molecule is O=C(NCCC1CCCCO1)NCC[C@H](O)C(=O)O. The van der Waals surface area contributed by atoms with Crippen molar-refractivity contribution in [1.82, 2.24) is 10.6 Å². The van der Waals surface area contributed by atoms with Gasteiger partial charge in [-0.25, -0.2) is 9.59 Å². The number of aliphatic carboxylic acids is 1. The molecule has 2 atom stereocenters. The summed E-state index contributed by atoms with van der Waals surface area (Å²) in [5.41, 5.74) is 0. The van der Waals surface area contributed by atoms with Crippen molar-refractivity contribution in [1.29, 1.82) is 0 Å². The number of urea groups is 1. The molecule has 0 bridgehead atoms. The number of ether oxygens (including phenoxy) is 1. The molecule has 7 heteroatoms. The summed E-state index contributed by atoms with van der Waals surface area (Å²) in [7, 11) is 0. The molecule has 19 heavy (non-hydrogen) atoms. The number of hydrogen-bond acceptors (Lipinski definition) is 4. The first-order valence-corrected chi connectivity index (χ1v) is 6.63. The van der Waals surface area contributed by atoms with Crippen molar-refractivity contribution in [3.63, 3.8) is 0 Å². The van der Waals surface area contributed by atoms with Crippen LogP contribution in [0.1, 0.15) is 32.1 Å². The minimum atomic E-state index is -1.43. The van der Waals surface area contributed by atoms with Crippen molar-refractivity contribution in [3.8, 4) is 0 Å². The van der Waals surface area contributed by atoms with Crippen LogP contribution in [0.4, 0.5) is 4.79 Å². The predicted molar refractivity (Wildman–Crippen MR) is 67.9 cm³/mol. The average molecular weight is 274 g/mol. The van der Waals surface area contributed by atoms with Gasteiger partial charge in [-0.1, -0.05) is 0 Å². The van der Waals surface area contributed by atoms with Crippen molar-refractivity contribution in [2.75, 3.05) is 19.7 Å². The Labute approximate surface area is 112 Å². The van der Waals surface area contributed by atoms with E-state index in [4.69, 9.17) is 14.9 Å². The molecule has 1 heterocycles. The number of aliphatic hydroxyl groups is 1. The number of carboxylic acid groups (broad SMARTS) is 1. The van der Waals surface area contributed by atoms with Crippen molar-refractivity contribution < 1.29 is 24.5 Å². The zero-order valence-electron chi connectivity index (χ0n) is 10.9. The van der Waals surface area contributed by atoms with E-state index < -0.39 is 12.1 Å². The molecule has 1 saturated heterocycles. The molecule has 1 rings (SSSR count). The first-order chi connectivity index (χ1) is 9.09. The van der Waals surface area contributed by atoms with Gasteiger partial charge in [-0.05, 0) is 25.7 Å². The maximum atomic E-state index is 11.3. The van der Waals surface area contributed by atoms with Crippen molar-refractivity contribution in [3.05, 3.63) is 0 Å². The summed E-state index contributed by atoms with van der Waals surface area (Å²) in [4.78, 5) is 21.7. The lowest BCUT2D eigenvalue weighted by Crippen LogP contribution is -2.39. The number of carboxylic acids is 1. The second-order valence-electron chi connectivity index (χ2n) is 4.60. The Morgan fingerprint density at radius 3 is 2.63 bits per heavy atom. The summed E-state index contributed by atoms with van der Waals surface area (Å²) < 4.78 is 5.53. The van der Waals surface area contributed by atoms with Crippen LogP contribution in [0.3, 0.4) is 0 Å². The second-order valence-corrected chi connectivity index (χ2v) is 4.60. The minimum absolute atomic E-state index is 0.00547. The average Bonchev–Trinajstić information content (AvgIpc) is 2.39. The fourth-order valence-corrected chi connectivity index (χ4v) is 1.89. The highest BCUT2D eigenvalue weighted by Crippen LogP contribution is 2.14. The number of hydrogen-bond donors (Lipinski definition) is 4. The van der Waals surface area contributed by atoms with Crippen LogP contribution in [0.2, 0.25) is 0 Å². The van der Waals surface area contributed by atoms with Gasteiger partial charge in [0.25, 0.3) is 0 Å². The van der Waals surface area contributed by atoms with Crippen LogP contribution < -0.4 is 10.6 Å². The molecule has 0 saturated carbocycles. The van der Waals surface area contributed by atoms with Crippen molar-refractivity contribution in [2.24, 2.45) is 0 Å². The van der Waals surface area contributed by atoms with E-state index in [0.29, 0.717) is 6.54 Å². The molecule has 7 nitrogen and oxygen atoms in total. The van der Waals surface area contributed by atoms with Crippen LogP contribution >= 0.6 is 0 Å². The Morgan fingerprint density at radius 1 is 1.26 bits per heavy atom. The van der Waals surface area contributed by atoms with E-state index in [2.05, 4.69) is 10.6 Å². The molecular formula is C12H22N2O5. The number of nitrogens with one attached hydrogen (secondary N) is 2. The second kappa shape index (κ2) is 8.71. The highest BCUT2D eigenvalue weighted by molar-refractivity contribution is 5.74. The molecule has 4 N–H and O–H groups in total. The topological polar surface area (TPSA) is 108 Å². The van der Waals surface area contributed by atoms with E-state index in [0.717, 1.165) is 25.9 Å². The lowest BCUT2D eigenvalue weighted by molar-refractivity contribution is -0.146. The molecular weight excluding hydrogens is 252 g/mol. The lowest BCUT2D eigenvalue weighted by Gasteiger charge is -2.22. The van der Waals surface area contributed by atoms with Crippen LogP contribution in [0, 0.1) is 0 Å². The Hall–Kier alpha value is -1.34. The van der Waals surface area contributed by atoms with Gasteiger partial charge in [0.2, 0.25) is 0 Å². The maximum absolute atomic E-state index is 11.3. The zero-order chi connectivity index (χ0) is 14.1. The maximum Gasteiger partial charge on any atom is 0.332 e. The number of aliphatic hydroxyl groups excluding tert-OH is 1. The van der Waals surface area contributed by atoms with E-state index in [1.807, 2.05) is 0 Å². The number of carbonyl (C=O) groups is 2. The molecule has 0 aromatic heterocycles. The van der Waals surface area contributed by atoms with Gasteiger partial charge >= 0.3 is 12.0 Å². The summed E-state index contributed by atoms with van der Waals surface area (Å²) in [5.74, 6) is -1.28. The van der Waals surface area contributed by atoms with Crippen molar-refractivity contribution >= 4 is 12.0 Å². The quantitative estimate of drug-likeness (QED) is 0.526. The third-order valence-corrected chi connectivity index (χ3v) is 3.01. The molecule has 1 unspecified atom stereocenters. The standard InChI is InChI=1S/C12H22N2O5/c15-10(11(16)17)5-7-14-12(18)13-6-4-9-3-1-2-8-19-9/h9-10,15H,1-8H2,(H,16,17)(H2,13,14,18)/t9?,10-/m0/s1. The Balaban J connectivity index is 1.99. The van der Waals surface area contributed by atoms with Gasteiger partial charge < -0.3 is 25.6 Å². The van der Waals surface area contributed by atoms with Gasteiger partial charge in [-0.15, -0.1) is 0 Å². The highest BCUT2D eigenvalue weighted by Gasteiger charge is 2.14. The van der Waals surface area contributed by atoms with Crippen LogP contribution in [-0.2, 0) is 9.53 Å². The van der Waals surface area contributed by atoms with Crippen LogP contribution in [-0.4, -0.2) is 54.1 Å². The summed E-state index contributed by atoms with van der Waals surface area (Å²) in [6.45, 7) is 1.45. The van der Waals surface area contributed by atoms with E-state index >= 15 is 0 Å². The van der Waals surface area contributed by atoms with Gasteiger partial charge in [0.05, 0.1) is 6.10 Å². The molecule has 1 aliphatic heterocycles. The molecule has 0 aromatic carbocycles. The fourth-order valence-electron chi connectivity index (χ4n) is 1.89. The minimum Gasteiger partial charge on any atom is -0.479 e. The van der Waals surface area contributed by atoms with E-state index in [1.54, 1.807) is 0 Å². The fraction of sp³-hybridized carbons (Fsp3) is 0.833. The molecule has 0 radical (unpaired) electrons. The summed E-state index contributed by atoms with van der Waals surface area (Å²) in [6, 6.07) is -0.353. The molecule has 0 aromatic rings. The smallest absolute Gasteiger partial charge is 0.332 e. The molecule has 0 aliphatic carbocycles. The Bertz CT molecular complexity index is 292. The molecule has 0 spiro atoms. The third kappa shape index (κ3) is 6.97. The Kier molecular flexibility index (Phi) is 7.20. The first kappa shape index (κ1) is 15.7. The molecule has 1 aliphatic rings. The van der Waals surface area contributed by atoms with Gasteiger partial charge in [0.15, 0.2) is 6.10 Å². The zero-order valence-corrected chi connectivity index (χ0v) is 10.9. The predicted octanol–water partition coefficient (Wildman–Crippen LogP) is 0.0804. The largest absolute Gasteiger partial charge is 0.479 e. The molecule has 110 valence electrons. The van der Waals surface area contributed by atoms with Gasteiger partial charge in [0.1, 0.15) is 0 Å². The van der Waals surface area contributed by atoms with E-state index in [1.165, 1.54) is 6.42 Å². The third-order valence-electron chi connectivity index (χ3n) is 3.01. The first-order valence-electron chi connectivity index (χ1n) is 6.63. The van der Waals surface area contributed by atoms with Gasteiger partial charge in [0, 0.05) is 26.1 Å². The Morgan fingerprint density at radius 2 is 2.00 bits per heavy atom. The van der Waals surface area contributed by atoms with E-state index in [9.17, 15) is 9.59 Å². The van der Waals surface area contributed by atoms with Crippen molar-refractivity contribution in [2.45, 2.75) is 44.3 Å². The summed E-state index contributed by atoms with van der Waals surface area (Å²) in [5, 5.41) is 22.6. The summed E-state index contributed by atoms with van der Waals surface area (Å²) in [6.07, 6.45) is 2.88. The molecule has 2 amide bonds. The van der Waals surface area contributed by atoms with Crippen LogP contribution in [0.15, 0.2) is 0 Å². The highest BCUT2D eigenvalue weighted by atomic mass is 16.5. The van der Waals surface area contributed by atoms with Gasteiger partial charge in [-0.3, -0.25) is 0 Å².